The Balaban J connectivity index is 2.03. The van der Waals surface area contributed by atoms with Gasteiger partial charge in [0.15, 0.2) is 0 Å². The molecule has 0 bridgehead atoms. The lowest BCUT2D eigenvalue weighted by Gasteiger charge is -2.13. The van der Waals surface area contributed by atoms with Crippen molar-refractivity contribution in [3.63, 3.8) is 0 Å². The van der Waals surface area contributed by atoms with Crippen LogP contribution in [0.25, 0.3) is 0 Å². The van der Waals surface area contributed by atoms with E-state index in [4.69, 9.17) is 4.74 Å². The van der Waals surface area contributed by atoms with Crippen LogP contribution < -0.4 is 10.1 Å². The maximum absolute atomic E-state index is 13.2. The summed E-state index contributed by atoms with van der Waals surface area (Å²) in [5.41, 5.74) is 2.35. The van der Waals surface area contributed by atoms with Gasteiger partial charge in [0.25, 0.3) is 0 Å². The largest absolute Gasteiger partial charge is 0.489 e. The van der Waals surface area contributed by atoms with Crippen molar-refractivity contribution in [2.75, 3.05) is 0 Å². The molecule has 0 saturated carbocycles. The molecule has 2 aromatic carbocycles. The molecule has 1 N–H and O–H groups in total. The Morgan fingerprint density at radius 1 is 1.14 bits per heavy atom. The van der Waals surface area contributed by atoms with Gasteiger partial charge in [0.2, 0.25) is 0 Å². The Morgan fingerprint density at radius 2 is 1.86 bits per heavy atom. The molecule has 0 unspecified atom stereocenters. The Bertz CT molecular complexity index is 601. The zero-order chi connectivity index (χ0) is 15.2. The molecule has 2 nitrogen and oxygen atoms in total. The van der Waals surface area contributed by atoms with Gasteiger partial charge in [-0.15, -0.1) is 0 Å². The third-order valence-corrected chi connectivity index (χ3v) is 3.71. The van der Waals surface area contributed by atoms with Crippen LogP contribution in [-0.4, -0.2) is 6.04 Å². The summed E-state index contributed by atoms with van der Waals surface area (Å²) in [7, 11) is 0. The normalized spacial score (nSPS) is 10.9. The third kappa shape index (κ3) is 4.83. The van der Waals surface area contributed by atoms with Gasteiger partial charge < -0.3 is 10.1 Å². The van der Waals surface area contributed by atoms with Gasteiger partial charge in [-0.05, 0) is 45.3 Å². The number of hydrogen-bond donors (Lipinski definition) is 1. The van der Waals surface area contributed by atoms with Crippen LogP contribution in [0.4, 0.5) is 4.39 Å². The molecule has 112 valence electrons. The smallest absolute Gasteiger partial charge is 0.137 e. The van der Waals surface area contributed by atoms with Gasteiger partial charge in [-0.3, -0.25) is 0 Å². The van der Waals surface area contributed by atoms with Crippen LogP contribution in [0, 0.1) is 5.82 Å². The van der Waals surface area contributed by atoms with E-state index in [0.717, 1.165) is 12.1 Å². The first kappa shape index (κ1) is 16.0. The molecule has 2 aromatic rings. The number of nitrogens with one attached hydrogen (secondary N) is 1. The topological polar surface area (TPSA) is 21.3 Å². The highest BCUT2D eigenvalue weighted by molar-refractivity contribution is 9.10. The summed E-state index contributed by atoms with van der Waals surface area (Å²) >= 11 is 3.16. The molecule has 2 rings (SSSR count). The predicted molar refractivity (Wildman–Crippen MR) is 86.8 cm³/mol. The van der Waals surface area contributed by atoms with E-state index in [1.807, 2.05) is 12.1 Å². The standard InChI is InChI=1S/C17H19BrFNO/c1-12(2)20-10-13-5-3-4-6-14(13)11-21-15-7-8-17(19)16(18)9-15/h3-9,12,20H,10-11H2,1-2H3. The van der Waals surface area contributed by atoms with Gasteiger partial charge in [0.05, 0.1) is 4.47 Å². The second-order valence-electron chi connectivity index (χ2n) is 5.17. The number of rotatable bonds is 6. The lowest BCUT2D eigenvalue weighted by molar-refractivity contribution is 0.304. The van der Waals surface area contributed by atoms with E-state index >= 15 is 0 Å². The van der Waals surface area contributed by atoms with Gasteiger partial charge in [0, 0.05) is 12.6 Å². The monoisotopic (exact) mass is 351 g/mol. The lowest BCUT2D eigenvalue weighted by Crippen LogP contribution is -2.22. The van der Waals surface area contributed by atoms with Crippen LogP contribution in [0.1, 0.15) is 25.0 Å². The Hall–Kier alpha value is -1.39. The lowest BCUT2D eigenvalue weighted by atomic mass is 10.1. The molecule has 0 aliphatic rings. The van der Waals surface area contributed by atoms with Crippen molar-refractivity contribution in [1.82, 2.24) is 5.32 Å². The maximum Gasteiger partial charge on any atom is 0.137 e. The van der Waals surface area contributed by atoms with Gasteiger partial charge in [-0.2, -0.15) is 0 Å². The van der Waals surface area contributed by atoms with E-state index in [-0.39, 0.29) is 5.82 Å². The molecule has 0 spiro atoms. The van der Waals surface area contributed by atoms with E-state index in [0.29, 0.717) is 22.9 Å². The molecule has 0 amide bonds. The molecule has 0 fully saturated rings. The maximum atomic E-state index is 13.2. The quantitative estimate of drug-likeness (QED) is 0.816. The van der Waals surface area contributed by atoms with Crippen LogP contribution >= 0.6 is 15.9 Å². The van der Waals surface area contributed by atoms with E-state index in [1.165, 1.54) is 11.6 Å². The summed E-state index contributed by atoms with van der Waals surface area (Å²) in [5.74, 6) is 0.360. The van der Waals surface area contributed by atoms with E-state index in [1.54, 1.807) is 12.1 Å². The second-order valence-corrected chi connectivity index (χ2v) is 6.02. The summed E-state index contributed by atoms with van der Waals surface area (Å²) in [6, 6.07) is 13.3. The first-order valence-corrected chi connectivity index (χ1v) is 7.73. The van der Waals surface area contributed by atoms with Gasteiger partial charge >= 0.3 is 0 Å². The van der Waals surface area contributed by atoms with Crippen molar-refractivity contribution < 1.29 is 9.13 Å². The van der Waals surface area contributed by atoms with Crippen molar-refractivity contribution in [2.24, 2.45) is 0 Å². The van der Waals surface area contributed by atoms with Gasteiger partial charge in [0.1, 0.15) is 18.2 Å². The Labute approximate surface area is 133 Å². The fourth-order valence-corrected chi connectivity index (χ4v) is 2.27. The summed E-state index contributed by atoms with van der Waals surface area (Å²) in [6.07, 6.45) is 0. The van der Waals surface area contributed by atoms with Crippen LogP contribution in [0.15, 0.2) is 46.9 Å². The molecule has 0 aromatic heterocycles. The first-order chi connectivity index (χ1) is 10.1. The summed E-state index contributed by atoms with van der Waals surface area (Å²) in [4.78, 5) is 0. The minimum Gasteiger partial charge on any atom is -0.489 e. The number of ether oxygens (including phenoxy) is 1. The predicted octanol–water partition coefficient (Wildman–Crippen LogP) is 4.67. The number of halogens is 2. The molecule has 0 radical (unpaired) electrons. The molecule has 21 heavy (non-hydrogen) atoms. The first-order valence-electron chi connectivity index (χ1n) is 6.94. The van der Waals surface area contributed by atoms with Gasteiger partial charge in [-0.25, -0.2) is 4.39 Å². The summed E-state index contributed by atoms with van der Waals surface area (Å²) in [5, 5.41) is 3.40. The minimum absolute atomic E-state index is 0.288. The van der Waals surface area contributed by atoms with E-state index < -0.39 is 0 Å². The fourth-order valence-electron chi connectivity index (χ4n) is 1.91. The van der Waals surface area contributed by atoms with E-state index in [9.17, 15) is 4.39 Å². The SMILES string of the molecule is CC(C)NCc1ccccc1COc1ccc(F)c(Br)c1. The van der Waals surface area contributed by atoms with E-state index in [2.05, 4.69) is 47.2 Å². The fraction of sp³-hybridized carbons (Fsp3) is 0.294. The third-order valence-electron chi connectivity index (χ3n) is 3.10. The van der Waals surface area contributed by atoms with Gasteiger partial charge in [-0.1, -0.05) is 38.1 Å². The van der Waals surface area contributed by atoms with Crippen LogP contribution in [0.2, 0.25) is 0 Å². The molecule has 0 atom stereocenters. The average molecular weight is 352 g/mol. The average Bonchev–Trinajstić information content (AvgIpc) is 2.47. The zero-order valence-electron chi connectivity index (χ0n) is 12.2. The molecular formula is C17H19BrFNO. The zero-order valence-corrected chi connectivity index (χ0v) is 13.8. The molecule has 4 heteroatoms. The van der Waals surface area contributed by atoms with Crippen molar-refractivity contribution in [3.8, 4) is 5.75 Å². The minimum atomic E-state index is -0.288. The number of benzene rings is 2. The highest BCUT2D eigenvalue weighted by Gasteiger charge is 2.05. The van der Waals surface area contributed by atoms with Crippen molar-refractivity contribution >= 4 is 15.9 Å². The van der Waals surface area contributed by atoms with Crippen molar-refractivity contribution in [1.29, 1.82) is 0 Å². The molecule has 0 aliphatic heterocycles. The van der Waals surface area contributed by atoms with Crippen LogP contribution in [-0.2, 0) is 13.2 Å². The Kier molecular flexibility index (Phi) is 5.76. The molecular weight excluding hydrogens is 333 g/mol. The van der Waals surface area contributed by atoms with Crippen molar-refractivity contribution in [3.05, 3.63) is 63.9 Å². The van der Waals surface area contributed by atoms with Crippen molar-refractivity contribution in [2.45, 2.75) is 33.0 Å². The molecule has 0 saturated heterocycles. The Morgan fingerprint density at radius 3 is 2.52 bits per heavy atom. The molecule has 0 heterocycles. The van der Waals surface area contributed by atoms with Crippen LogP contribution in [0.3, 0.4) is 0 Å². The second kappa shape index (κ2) is 7.57. The highest BCUT2D eigenvalue weighted by atomic mass is 79.9. The molecule has 0 aliphatic carbocycles. The summed E-state index contributed by atoms with van der Waals surface area (Å²) in [6.45, 7) is 5.52. The highest BCUT2D eigenvalue weighted by Crippen LogP contribution is 2.23. The number of hydrogen-bond acceptors (Lipinski definition) is 2. The van der Waals surface area contributed by atoms with Crippen LogP contribution in [0.5, 0.6) is 5.75 Å². The summed E-state index contributed by atoms with van der Waals surface area (Å²) < 4.78 is 19.4.